The summed E-state index contributed by atoms with van der Waals surface area (Å²) in [6.45, 7) is 14.7. The molecule has 2 aliphatic rings. The van der Waals surface area contributed by atoms with Crippen LogP contribution in [0.5, 0.6) is 0 Å². The molecule has 2 aliphatic carbocycles. The van der Waals surface area contributed by atoms with Crippen molar-refractivity contribution in [2.24, 2.45) is 44.6 Å². The van der Waals surface area contributed by atoms with Gasteiger partial charge in [-0.1, -0.05) is 94.5 Å². The molecule has 0 aliphatic heterocycles. The van der Waals surface area contributed by atoms with E-state index in [-0.39, 0.29) is 10.8 Å². The lowest BCUT2D eigenvalue weighted by molar-refractivity contribution is 0.524. The molecule has 5 heteroatoms. The van der Waals surface area contributed by atoms with Crippen LogP contribution in [-0.4, -0.2) is 13.1 Å². The second kappa shape index (κ2) is 12.6. The van der Waals surface area contributed by atoms with E-state index in [1.54, 1.807) is 0 Å². The predicted molar refractivity (Wildman–Crippen MR) is 170 cm³/mol. The molecule has 9 N–H and O–H groups in total. The maximum Gasteiger partial charge on any atom is 0.0709 e. The highest BCUT2D eigenvalue weighted by atomic mass is 14.9. The molecule has 0 saturated carbocycles. The molecule has 1 atom stereocenters. The molecule has 1 unspecified atom stereocenters. The van der Waals surface area contributed by atoms with Gasteiger partial charge in [0.1, 0.15) is 0 Å². The van der Waals surface area contributed by atoms with E-state index in [0.717, 1.165) is 12.0 Å². The minimum absolute atomic E-state index is 0.223. The highest BCUT2D eigenvalue weighted by Crippen LogP contribution is 2.40. The van der Waals surface area contributed by atoms with Crippen molar-refractivity contribution in [3.63, 3.8) is 0 Å². The summed E-state index contributed by atoms with van der Waals surface area (Å²) in [5.74, 6) is 0. The van der Waals surface area contributed by atoms with Crippen molar-refractivity contribution in [1.82, 2.24) is 5.32 Å². The zero-order valence-corrected chi connectivity index (χ0v) is 25.3. The Morgan fingerprint density at radius 2 is 1.03 bits per heavy atom. The van der Waals surface area contributed by atoms with E-state index < -0.39 is 10.8 Å². The molecule has 0 aromatic carbocycles. The van der Waals surface area contributed by atoms with Crippen LogP contribution in [0.15, 0.2) is 120 Å². The van der Waals surface area contributed by atoms with E-state index in [4.69, 9.17) is 22.9 Å². The zero-order chi connectivity index (χ0) is 29.5. The monoisotopic (exact) mass is 529 g/mol. The SMILES string of the molecule is CNC1C=CC(C2(C)/C(N)=C/C=C/C(C)(C)/C=C/C=C(\N)C(C)(C)/C(N)=C/C=C/C(C)(C)/C=C/C=C/2N)=CC1. The molecule has 5 nitrogen and oxygen atoms in total. The van der Waals surface area contributed by atoms with E-state index in [9.17, 15) is 0 Å². The van der Waals surface area contributed by atoms with Crippen LogP contribution in [0.3, 0.4) is 0 Å². The van der Waals surface area contributed by atoms with Crippen LogP contribution in [0.4, 0.5) is 0 Å². The van der Waals surface area contributed by atoms with Crippen molar-refractivity contribution in [1.29, 1.82) is 0 Å². The number of rotatable bonds is 2. The number of hydrogen-bond acceptors (Lipinski definition) is 5. The Kier molecular flexibility index (Phi) is 10.3. The van der Waals surface area contributed by atoms with Gasteiger partial charge in [0.05, 0.1) is 5.41 Å². The lowest BCUT2D eigenvalue weighted by Gasteiger charge is -2.34. The molecular weight excluding hydrogens is 478 g/mol. The van der Waals surface area contributed by atoms with Crippen molar-refractivity contribution >= 4 is 0 Å². The van der Waals surface area contributed by atoms with Crippen LogP contribution in [0.1, 0.15) is 54.9 Å². The summed E-state index contributed by atoms with van der Waals surface area (Å²) < 4.78 is 0. The second-order valence-electron chi connectivity index (χ2n) is 12.5. The molecule has 0 heterocycles. The predicted octanol–water partition coefficient (Wildman–Crippen LogP) is 6.15. The summed E-state index contributed by atoms with van der Waals surface area (Å²) in [5.41, 5.74) is 28.8. The Balaban J connectivity index is 2.65. The van der Waals surface area contributed by atoms with E-state index >= 15 is 0 Å². The highest BCUT2D eigenvalue weighted by molar-refractivity contribution is 5.47. The summed E-state index contributed by atoms with van der Waals surface area (Å²) in [4.78, 5) is 0. The number of nitrogens with two attached hydrogens (primary N) is 4. The summed E-state index contributed by atoms with van der Waals surface area (Å²) in [6, 6.07) is 0.303. The third kappa shape index (κ3) is 8.27. The first-order valence-electron chi connectivity index (χ1n) is 13.7. The minimum Gasteiger partial charge on any atom is -0.401 e. The van der Waals surface area contributed by atoms with Gasteiger partial charge in [-0.25, -0.2) is 0 Å². The van der Waals surface area contributed by atoms with Gasteiger partial charge >= 0.3 is 0 Å². The molecule has 212 valence electrons. The van der Waals surface area contributed by atoms with Crippen LogP contribution >= 0.6 is 0 Å². The van der Waals surface area contributed by atoms with Crippen LogP contribution in [0.2, 0.25) is 0 Å². The van der Waals surface area contributed by atoms with Crippen LogP contribution in [0.25, 0.3) is 0 Å². The van der Waals surface area contributed by atoms with Gasteiger partial charge in [-0.05, 0) is 64.1 Å². The minimum atomic E-state index is -0.662. The van der Waals surface area contributed by atoms with E-state index in [2.05, 4.69) is 82.5 Å². The molecular formula is C34H51N5. The van der Waals surface area contributed by atoms with Crippen LogP contribution < -0.4 is 28.3 Å². The Morgan fingerprint density at radius 3 is 1.36 bits per heavy atom. The van der Waals surface area contributed by atoms with Crippen molar-refractivity contribution in [2.75, 3.05) is 7.05 Å². The molecule has 0 aromatic rings. The lowest BCUT2D eigenvalue weighted by Crippen LogP contribution is -2.34. The third-order valence-corrected chi connectivity index (χ3v) is 7.85. The van der Waals surface area contributed by atoms with Gasteiger partial charge in [-0.3, -0.25) is 0 Å². The van der Waals surface area contributed by atoms with Gasteiger partial charge in [0.25, 0.3) is 0 Å². The topological polar surface area (TPSA) is 116 Å². The maximum atomic E-state index is 6.80. The Hall–Kier alpha value is -3.44. The fourth-order valence-corrected chi connectivity index (χ4v) is 4.33. The quantitative estimate of drug-likeness (QED) is 0.294. The van der Waals surface area contributed by atoms with E-state index in [1.165, 1.54) is 0 Å². The first kappa shape index (κ1) is 31.8. The molecule has 2 rings (SSSR count). The van der Waals surface area contributed by atoms with Gasteiger partial charge in [-0.2, -0.15) is 0 Å². The third-order valence-electron chi connectivity index (χ3n) is 7.85. The normalized spacial score (nSPS) is 36.2. The summed E-state index contributed by atoms with van der Waals surface area (Å²) in [5, 5.41) is 3.31. The van der Waals surface area contributed by atoms with Crippen LogP contribution in [-0.2, 0) is 0 Å². The molecule has 0 radical (unpaired) electrons. The lowest BCUT2D eigenvalue weighted by atomic mass is 9.73. The van der Waals surface area contributed by atoms with Crippen molar-refractivity contribution in [3.05, 3.63) is 120 Å². The second-order valence-corrected chi connectivity index (χ2v) is 12.5. The average Bonchev–Trinajstić information content (AvgIpc) is 2.86. The van der Waals surface area contributed by atoms with Gasteiger partial charge in [0.15, 0.2) is 0 Å². The van der Waals surface area contributed by atoms with Gasteiger partial charge < -0.3 is 28.3 Å². The van der Waals surface area contributed by atoms with E-state index in [1.807, 2.05) is 69.5 Å². The molecule has 0 aromatic heterocycles. The average molecular weight is 530 g/mol. The van der Waals surface area contributed by atoms with Crippen molar-refractivity contribution < 1.29 is 0 Å². The Labute approximate surface area is 237 Å². The smallest absolute Gasteiger partial charge is 0.0709 e. The number of hydrogen-bond donors (Lipinski definition) is 5. The molecule has 0 amide bonds. The van der Waals surface area contributed by atoms with Gasteiger partial charge in [0, 0.05) is 45.1 Å². The summed E-state index contributed by atoms with van der Waals surface area (Å²) >= 11 is 0. The van der Waals surface area contributed by atoms with E-state index in [0.29, 0.717) is 28.8 Å². The Bertz CT molecular complexity index is 1120. The van der Waals surface area contributed by atoms with Gasteiger partial charge in [0.2, 0.25) is 0 Å². The molecule has 0 fully saturated rings. The number of nitrogens with one attached hydrogen (secondary N) is 1. The summed E-state index contributed by atoms with van der Waals surface area (Å²) in [6.07, 6.45) is 31.6. The standard InChI is InChI=1S/C34H51N5/c1-31(2)21-9-13-27(35)33(5,6)28(36)14-10-22-32(3,4)24-12-16-30(38)34(7,29(37)15-11-23-31)25-17-19-26(39-8)20-18-25/h9-19,21-24,26,39H,20,35-38H2,1-8H3/b21-9+,22-10+,23-11+,24-12+,27-13-,28-14-,29-15-,30-16-. The maximum absolute atomic E-state index is 6.80. The molecule has 39 heavy (non-hydrogen) atoms. The first-order chi connectivity index (χ1) is 18.0. The Morgan fingerprint density at radius 1 is 0.641 bits per heavy atom. The molecule has 0 bridgehead atoms. The highest BCUT2D eigenvalue weighted by Gasteiger charge is 2.34. The van der Waals surface area contributed by atoms with Gasteiger partial charge in [-0.15, -0.1) is 0 Å². The summed E-state index contributed by atoms with van der Waals surface area (Å²) in [7, 11) is 1.97. The number of allylic oxidation sites excluding steroid dienone is 13. The fourth-order valence-electron chi connectivity index (χ4n) is 4.33. The molecule has 0 saturated heterocycles. The first-order valence-corrected chi connectivity index (χ1v) is 13.7. The van der Waals surface area contributed by atoms with Crippen LogP contribution in [0, 0.1) is 21.7 Å². The van der Waals surface area contributed by atoms with Crippen molar-refractivity contribution in [3.8, 4) is 0 Å². The van der Waals surface area contributed by atoms with Crippen molar-refractivity contribution in [2.45, 2.75) is 60.9 Å². The largest absolute Gasteiger partial charge is 0.401 e. The molecule has 0 spiro atoms. The zero-order valence-electron chi connectivity index (χ0n) is 25.3. The fraction of sp³-hybridized carbons (Fsp3) is 0.412. The number of likely N-dealkylation sites (N-methyl/N-ethyl adjacent to an activating group) is 1.